The molecule has 0 aliphatic heterocycles. The summed E-state index contributed by atoms with van der Waals surface area (Å²) in [5.41, 5.74) is 5.23. The minimum atomic E-state index is -0.0282. The van der Waals surface area contributed by atoms with Crippen molar-refractivity contribution in [3.8, 4) is 0 Å². The van der Waals surface area contributed by atoms with E-state index in [0.29, 0.717) is 16.6 Å². The number of para-hydroxylation sites is 2. The fourth-order valence-corrected chi connectivity index (χ4v) is 4.43. The van der Waals surface area contributed by atoms with Crippen LogP contribution in [0.1, 0.15) is 58.4 Å². The SMILES string of the molecule is CC[C@@H](C)n1cnc2c(c1=O)c1nc3ccccc3nc1n2CCC1=CCCCC1. The van der Waals surface area contributed by atoms with Crippen molar-refractivity contribution in [2.45, 2.75) is 65.0 Å². The zero-order chi connectivity index (χ0) is 20.7. The van der Waals surface area contributed by atoms with Gasteiger partial charge in [0.2, 0.25) is 0 Å². The molecule has 154 valence electrons. The summed E-state index contributed by atoms with van der Waals surface area (Å²) >= 11 is 0. The van der Waals surface area contributed by atoms with Gasteiger partial charge in [-0.25, -0.2) is 15.0 Å². The lowest BCUT2D eigenvalue weighted by Gasteiger charge is -2.14. The van der Waals surface area contributed by atoms with Gasteiger partial charge in [-0.05, 0) is 57.6 Å². The first-order valence-electron chi connectivity index (χ1n) is 11.0. The molecule has 0 saturated heterocycles. The molecule has 1 aliphatic carbocycles. The number of aromatic nitrogens is 5. The highest BCUT2D eigenvalue weighted by molar-refractivity contribution is 6.04. The maximum atomic E-state index is 13.4. The Labute approximate surface area is 175 Å². The Bertz CT molecular complexity index is 1330. The van der Waals surface area contributed by atoms with E-state index in [0.717, 1.165) is 36.1 Å². The molecule has 0 saturated carbocycles. The summed E-state index contributed by atoms with van der Waals surface area (Å²) < 4.78 is 3.83. The van der Waals surface area contributed by atoms with Crippen LogP contribution in [-0.2, 0) is 6.54 Å². The first kappa shape index (κ1) is 19.0. The zero-order valence-corrected chi connectivity index (χ0v) is 17.6. The summed E-state index contributed by atoms with van der Waals surface area (Å²) in [7, 11) is 0. The Morgan fingerprint density at radius 2 is 1.90 bits per heavy atom. The summed E-state index contributed by atoms with van der Waals surface area (Å²) in [5.74, 6) is 0. The van der Waals surface area contributed by atoms with Crippen LogP contribution in [0.4, 0.5) is 0 Å². The smallest absolute Gasteiger partial charge is 0.265 e. The number of allylic oxidation sites excluding steroid dienone is 2. The highest BCUT2D eigenvalue weighted by Crippen LogP contribution is 2.27. The first-order chi connectivity index (χ1) is 14.7. The van der Waals surface area contributed by atoms with E-state index in [1.807, 2.05) is 31.2 Å². The predicted octanol–water partition coefficient (Wildman–Crippen LogP) is 5.16. The quantitative estimate of drug-likeness (QED) is 0.434. The number of hydrogen-bond acceptors (Lipinski definition) is 4. The third-order valence-electron chi connectivity index (χ3n) is 6.38. The van der Waals surface area contributed by atoms with E-state index in [2.05, 4.69) is 17.6 Å². The molecule has 5 rings (SSSR count). The van der Waals surface area contributed by atoms with Crippen molar-refractivity contribution < 1.29 is 0 Å². The molecule has 1 atom stereocenters. The minimum Gasteiger partial charge on any atom is -0.308 e. The molecule has 3 aromatic heterocycles. The number of nitrogens with zero attached hydrogens (tertiary/aromatic N) is 5. The molecule has 6 nitrogen and oxygen atoms in total. The molecular weight excluding hydrogens is 374 g/mol. The van der Waals surface area contributed by atoms with Crippen LogP contribution >= 0.6 is 0 Å². The molecule has 0 bridgehead atoms. The second-order valence-electron chi connectivity index (χ2n) is 8.31. The number of benzene rings is 1. The lowest BCUT2D eigenvalue weighted by molar-refractivity contribution is 0.510. The van der Waals surface area contributed by atoms with Crippen LogP contribution in [-0.4, -0.2) is 24.1 Å². The van der Waals surface area contributed by atoms with Gasteiger partial charge in [0.05, 0.1) is 11.0 Å². The van der Waals surface area contributed by atoms with Gasteiger partial charge in [-0.3, -0.25) is 9.36 Å². The van der Waals surface area contributed by atoms with Crippen LogP contribution in [0.5, 0.6) is 0 Å². The maximum Gasteiger partial charge on any atom is 0.265 e. The van der Waals surface area contributed by atoms with Gasteiger partial charge in [0.1, 0.15) is 17.2 Å². The molecule has 4 aromatic rings. The van der Waals surface area contributed by atoms with Crippen molar-refractivity contribution in [2.24, 2.45) is 0 Å². The van der Waals surface area contributed by atoms with E-state index in [1.54, 1.807) is 10.9 Å². The van der Waals surface area contributed by atoms with Gasteiger partial charge < -0.3 is 4.57 Å². The van der Waals surface area contributed by atoms with Crippen molar-refractivity contribution in [1.82, 2.24) is 24.1 Å². The highest BCUT2D eigenvalue weighted by atomic mass is 16.1. The molecule has 0 unspecified atom stereocenters. The highest BCUT2D eigenvalue weighted by Gasteiger charge is 2.21. The largest absolute Gasteiger partial charge is 0.308 e. The van der Waals surface area contributed by atoms with Crippen molar-refractivity contribution >= 4 is 33.2 Å². The van der Waals surface area contributed by atoms with Crippen molar-refractivity contribution in [1.29, 1.82) is 0 Å². The predicted molar refractivity (Wildman–Crippen MR) is 121 cm³/mol. The Morgan fingerprint density at radius 3 is 2.63 bits per heavy atom. The van der Waals surface area contributed by atoms with E-state index >= 15 is 0 Å². The number of fused-ring (bicyclic) bond motifs is 4. The second-order valence-corrected chi connectivity index (χ2v) is 8.31. The van der Waals surface area contributed by atoms with Gasteiger partial charge in [-0.15, -0.1) is 0 Å². The molecule has 0 spiro atoms. The van der Waals surface area contributed by atoms with Gasteiger partial charge >= 0.3 is 0 Å². The Kier molecular flexibility index (Phi) is 4.85. The van der Waals surface area contributed by atoms with Crippen molar-refractivity contribution in [2.75, 3.05) is 0 Å². The normalized spacial score (nSPS) is 15.7. The maximum absolute atomic E-state index is 13.4. The molecule has 0 N–H and O–H groups in total. The summed E-state index contributed by atoms with van der Waals surface area (Å²) in [6.45, 7) is 4.89. The lowest BCUT2D eigenvalue weighted by Crippen LogP contribution is -2.23. The fraction of sp³-hybridized carbons (Fsp3) is 0.417. The molecule has 30 heavy (non-hydrogen) atoms. The monoisotopic (exact) mass is 401 g/mol. The topological polar surface area (TPSA) is 65.6 Å². The Balaban J connectivity index is 1.75. The summed E-state index contributed by atoms with van der Waals surface area (Å²) in [4.78, 5) is 27.9. The van der Waals surface area contributed by atoms with E-state index in [1.165, 1.54) is 31.3 Å². The van der Waals surface area contributed by atoms with Gasteiger partial charge in [0, 0.05) is 12.6 Å². The summed E-state index contributed by atoms with van der Waals surface area (Å²) in [5, 5.41) is 0.587. The van der Waals surface area contributed by atoms with Gasteiger partial charge in [-0.2, -0.15) is 0 Å². The van der Waals surface area contributed by atoms with Crippen molar-refractivity contribution in [3.05, 3.63) is 52.6 Å². The molecule has 6 heteroatoms. The molecule has 1 aliphatic rings. The number of hydrogen-bond donors (Lipinski definition) is 0. The van der Waals surface area contributed by atoms with Crippen LogP contribution in [0, 0.1) is 0 Å². The third-order valence-corrected chi connectivity index (χ3v) is 6.38. The number of rotatable bonds is 5. The Hall–Kier alpha value is -3.02. The average Bonchev–Trinajstić information content (AvgIpc) is 3.09. The second kappa shape index (κ2) is 7.67. The van der Waals surface area contributed by atoms with Crippen LogP contribution in [0.15, 0.2) is 47.0 Å². The molecule has 0 fully saturated rings. The summed E-state index contributed by atoms with van der Waals surface area (Å²) in [6, 6.07) is 7.93. The van der Waals surface area contributed by atoms with Crippen LogP contribution in [0.3, 0.4) is 0 Å². The fourth-order valence-electron chi connectivity index (χ4n) is 4.43. The van der Waals surface area contributed by atoms with Crippen LogP contribution in [0.2, 0.25) is 0 Å². The average molecular weight is 402 g/mol. The Morgan fingerprint density at radius 1 is 1.10 bits per heavy atom. The van der Waals surface area contributed by atoms with Gasteiger partial charge in [-0.1, -0.05) is 30.7 Å². The molecular formula is C24H27N5O. The van der Waals surface area contributed by atoms with Gasteiger partial charge in [0.15, 0.2) is 11.3 Å². The minimum absolute atomic E-state index is 0.0282. The number of aryl methyl sites for hydroxylation is 1. The summed E-state index contributed by atoms with van der Waals surface area (Å²) in [6.07, 6.45) is 10.8. The third kappa shape index (κ3) is 3.11. The van der Waals surface area contributed by atoms with Gasteiger partial charge in [0.25, 0.3) is 5.56 Å². The van der Waals surface area contributed by atoms with E-state index in [4.69, 9.17) is 15.0 Å². The van der Waals surface area contributed by atoms with E-state index < -0.39 is 0 Å². The first-order valence-corrected chi connectivity index (χ1v) is 11.0. The molecule has 0 amide bonds. The molecule has 3 heterocycles. The van der Waals surface area contributed by atoms with Crippen LogP contribution < -0.4 is 5.56 Å². The van der Waals surface area contributed by atoms with E-state index in [-0.39, 0.29) is 11.6 Å². The lowest BCUT2D eigenvalue weighted by atomic mass is 9.97. The standard InChI is InChI=1S/C24H27N5O/c1-3-16(2)29-15-25-22-20(24(29)30)21-23(27-19-12-8-7-11-18(19)26-21)28(22)14-13-17-9-5-4-6-10-17/h7-9,11-12,15-16H,3-6,10,13-14H2,1-2H3/t16-/m1/s1. The van der Waals surface area contributed by atoms with E-state index in [9.17, 15) is 4.79 Å². The zero-order valence-electron chi connectivity index (χ0n) is 17.6. The molecule has 1 aromatic carbocycles. The van der Waals surface area contributed by atoms with Crippen LogP contribution in [0.25, 0.3) is 33.2 Å². The molecule has 0 radical (unpaired) electrons. The van der Waals surface area contributed by atoms with Crippen molar-refractivity contribution in [3.63, 3.8) is 0 Å².